The average Bonchev–Trinajstić information content (AvgIpc) is 3.42. The Hall–Kier alpha value is -0.455. The summed E-state index contributed by atoms with van der Waals surface area (Å²) in [6.07, 6.45) is 10.8. The summed E-state index contributed by atoms with van der Waals surface area (Å²) >= 11 is 9.31. The first-order valence-corrected chi connectivity index (χ1v) is 13.1. The lowest BCUT2D eigenvalue weighted by Gasteiger charge is -2.10. The highest BCUT2D eigenvalue weighted by atomic mass is 79.9. The highest BCUT2D eigenvalue weighted by Crippen LogP contribution is 2.35. The molecule has 0 bridgehead atoms. The number of aromatic hydroxyl groups is 1. The molecule has 166 valence electrons. The van der Waals surface area contributed by atoms with Gasteiger partial charge in [0.05, 0.1) is 7.11 Å². The van der Waals surface area contributed by atoms with Crippen LogP contribution in [0.1, 0.15) is 81.8 Å². The van der Waals surface area contributed by atoms with Gasteiger partial charge in [0.25, 0.3) is 0 Å². The van der Waals surface area contributed by atoms with Gasteiger partial charge in [0.2, 0.25) is 0 Å². The summed E-state index contributed by atoms with van der Waals surface area (Å²) in [5, 5.41) is 9.27. The molecule has 0 unspecified atom stereocenters. The molecule has 2 aromatic carbocycles. The molecule has 0 amide bonds. The maximum absolute atomic E-state index is 9.27. The van der Waals surface area contributed by atoms with Crippen LogP contribution in [-0.4, -0.2) is 15.4 Å². The highest BCUT2D eigenvalue weighted by molar-refractivity contribution is 9.69. The molecule has 0 radical (unpaired) electrons. The number of ether oxygens (including phenoxy) is 1. The molecule has 0 aromatic heterocycles. The van der Waals surface area contributed by atoms with Crippen LogP contribution in [0.15, 0.2) is 48.5 Å². The van der Waals surface area contributed by atoms with E-state index in [0.29, 0.717) is 11.7 Å². The summed E-state index contributed by atoms with van der Waals surface area (Å²) < 4.78 is 5.49. The maximum Gasteiger partial charge on any atom is 0.369 e. The maximum atomic E-state index is 9.27. The zero-order valence-corrected chi connectivity index (χ0v) is 21.8. The number of hydrogen-bond acceptors (Lipinski definition) is 2. The number of rotatable bonds is 3. The third-order valence-corrected chi connectivity index (χ3v) is 5.62. The second kappa shape index (κ2) is 15.4. The second-order valence-corrected chi connectivity index (χ2v) is 14.0. The number of benzene rings is 2. The normalized spacial score (nSPS) is 15.9. The minimum absolute atomic E-state index is 0. The van der Waals surface area contributed by atoms with Crippen LogP contribution in [0.25, 0.3) is 0 Å². The van der Waals surface area contributed by atoms with Crippen molar-refractivity contribution in [2.24, 2.45) is 0 Å². The van der Waals surface area contributed by atoms with Crippen LogP contribution in [0.5, 0.6) is 11.5 Å². The first-order valence-electron chi connectivity index (χ1n) is 10.3. The molecule has 6 heteroatoms. The van der Waals surface area contributed by atoms with Gasteiger partial charge in [-0.25, -0.2) is 0 Å². The molecule has 2 fully saturated rings. The summed E-state index contributed by atoms with van der Waals surface area (Å²) in [6.45, 7) is 0. The minimum atomic E-state index is 0. The highest BCUT2D eigenvalue weighted by Gasteiger charge is 2.17. The molecule has 2 nitrogen and oxygen atoms in total. The van der Waals surface area contributed by atoms with Gasteiger partial charge < -0.3 is 9.84 Å². The van der Waals surface area contributed by atoms with Crippen molar-refractivity contribution in [2.45, 2.75) is 70.6 Å². The number of methoxy groups -OCH3 is 1. The van der Waals surface area contributed by atoms with Crippen molar-refractivity contribution in [3.8, 4) is 11.5 Å². The van der Waals surface area contributed by atoms with Crippen LogP contribution in [0.3, 0.4) is 0 Å². The minimum Gasteiger partial charge on any atom is -0.508 e. The fourth-order valence-electron chi connectivity index (χ4n) is 4.19. The van der Waals surface area contributed by atoms with Gasteiger partial charge in [-0.15, -0.1) is 47.3 Å². The van der Waals surface area contributed by atoms with E-state index in [1.165, 1.54) is 62.5 Å². The van der Waals surface area contributed by atoms with Crippen molar-refractivity contribution >= 4 is 50.5 Å². The Labute approximate surface area is 208 Å². The molecule has 0 saturated heterocycles. The number of hydrogen-bond donors (Lipinski definition) is 1. The zero-order valence-electron chi connectivity index (χ0n) is 17.0. The molecular weight excluding hydrogens is 571 g/mol. The van der Waals surface area contributed by atoms with Crippen molar-refractivity contribution < 1.29 is 9.84 Å². The van der Waals surface area contributed by atoms with Crippen molar-refractivity contribution in [1.82, 2.24) is 0 Å². The van der Waals surface area contributed by atoms with E-state index in [4.69, 9.17) is 4.74 Å². The van der Waals surface area contributed by atoms with Crippen molar-refractivity contribution in [2.75, 3.05) is 7.11 Å². The van der Waals surface area contributed by atoms with E-state index in [2.05, 4.69) is 71.5 Å². The molecule has 2 aliphatic rings. The fraction of sp³-hybridized carbons (Fsp3) is 0.500. The summed E-state index contributed by atoms with van der Waals surface area (Å²) in [4.78, 5) is 0. The Morgan fingerprint density at radius 2 is 1.23 bits per heavy atom. The molecule has 2 aromatic rings. The quantitative estimate of drug-likeness (QED) is 0.354. The lowest BCUT2D eigenvalue weighted by Crippen LogP contribution is -1.92. The molecule has 0 atom stereocenters. The third-order valence-electron chi connectivity index (χ3n) is 5.62. The molecule has 30 heavy (non-hydrogen) atoms. The summed E-state index contributed by atoms with van der Waals surface area (Å²) in [5.41, 5.74) is 2.77. The van der Waals surface area contributed by atoms with Gasteiger partial charge >= 0.3 is 3.18 Å². The molecule has 2 saturated carbocycles. The van der Waals surface area contributed by atoms with E-state index in [9.17, 15) is 5.11 Å². The van der Waals surface area contributed by atoms with Crippen LogP contribution in [0, 0.1) is 0 Å². The predicted octanol–water partition coefficient (Wildman–Crippen LogP) is 9.19. The summed E-state index contributed by atoms with van der Waals surface area (Å²) in [7, 11) is 1.73. The van der Waals surface area contributed by atoms with Gasteiger partial charge in [0, 0.05) is 0 Å². The summed E-state index contributed by atoms with van der Waals surface area (Å²) in [5.74, 6) is 2.89. The van der Waals surface area contributed by atoms with E-state index in [-0.39, 0.29) is 10.6 Å². The monoisotopic (exact) mass is 602 g/mol. The fourth-order valence-corrected chi connectivity index (χ4v) is 4.19. The lowest BCUT2D eigenvalue weighted by atomic mass is 9.98. The predicted molar refractivity (Wildman–Crippen MR) is 143 cm³/mol. The van der Waals surface area contributed by atoms with Crippen LogP contribution in [0.4, 0.5) is 0 Å². The second-order valence-electron chi connectivity index (χ2n) is 7.58. The molecule has 1 N–H and O–H groups in total. The van der Waals surface area contributed by atoms with Gasteiger partial charge in [-0.1, -0.05) is 57.4 Å². The average molecular weight is 605 g/mol. The van der Waals surface area contributed by atoms with Gasteiger partial charge in [0.15, 0.2) is 0 Å². The molecular formula is C24H34BBr3O2. The first-order chi connectivity index (χ1) is 14.0. The third kappa shape index (κ3) is 10.2. The van der Waals surface area contributed by atoms with Gasteiger partial charge in [-0.05, 0) is 72.9 Å². The Balaban J connectivity index is 0.000000249. The van der Waals surface area contributed by atoms with E-state index >= 15 is 0 Å². The van der Waals surface area contributed by atoms with E-state index < -0.39 is 0 Å². The Kier molecular flexibility index (Phi) is 14.1. The van der Waals surface area contributed by atoms with E-state index in [0.717, 1.165) is 11.7 Å². The van der Waals surface area contributed by atoms with Gasteiger partial charge in [0.1, 0.15) is 11.5 Å². The Morgan fingerprint density at radius 1 is 0.800 bits per heavy atom. The van der Waals surface area contributed by atoms with Crippen LogP contribution in [-0.2, 0) is 0 Å². The summed E-state index contributed by atoms with van der Waals surface area (Å²) in [6, 6.07) is 16.2. The first kappa shape index (κ1) is 27.6. The number of halogens is 3. The van der Waals surface area contributed by atoms with Crippen molar-refractivity contribution in [3.63, 3.8) is 0 Å². The lowest BCUT2D eigenvalue weighted by molar-refractivity contribution is 0.414. The standard InChI is InChI=1S/C12H16O.C11H14O.CH4.BBr3/c1-13-12-8-4-7-11(9-12)10-5-2-3-6-10;12-11-7-3-6-10(8-11)9-4-1-2-5-9;;2-1(3)4/h4,7-10H,2-3,5-6H2,1H3;3,6-9,12H,1-2,4-5H2;1H4;. The number of phenolic OH excluding ortho intramolecular Hbond substituents is 1. The van der Waals surface area contributed by atoms with Gasteiger partial charge in [-0.3, -0.25) is 0 Å². The smallest absolute Gasteiger partial charge is 0.369 e. The van der Waals surface area contributed by atoms with Crippen LogP contribution < -0.4 is 4.74 Å². The van der Waals surface area contributed by atoms with Gasteiger partial charge in [-0.2, -0.15) is 0 Å². The Morgan fingerprint density at radius 3 is 1.67 bits per heavy atom. The number of phenols is 1. The molecule has 0 spiro atoms. The largest absolute Gasteiger partial charge is 0.508 e. The van der Waals surface area contributed by atoms with E-state index in [1.54, 1.807) is 13.2 Å². The van der Waals surface area contributed by atoms with Crippen molar-refractivity contribution in [3.05, 3.63) is 59.7 Å². The molecule has 4 rings (SSSR count). The molecule has 2 aliphatic carbocycles. The van der Waals surface area contributed by atoms with Crippen LogP contribution >= 0.6 is 47.3 Å². The molecule has 0 heterocycles. The van der Waals surface area contributed by atoms with E-state index in [1.807, 2.05) is 18.2 Å². The SMILES string of the molecule is BrB(Br)Br.C.COc1cccc(C2CCCC2)c1.Oc1cccc(C2CCCC2)c1. The Bertz CT molecular complexity index is 712. The van der Waals surface area contributed by atoms with Crippen molar-refractivity contribution in [1.29, 1.82) is 0 Å². The molecule has 0 aliphatic heterocycles. The zero-order chi connectivity index (χ0) is 21.1. The topological polar surface area (TPSA) is 29.5 Å². The van der Waals surface area contributed by atoms with Crippen LogP contribution in [0.2, 0.25) is 0 Å².